The molecule has 0 unspecified atom stereocenters. The van der Waals surface area contributed by atoms with Crippen LogP contribution in [0.25, 0.3) is 0 Å². The first-order valence-corrected chi connectivity index (χ1v) is 6.69. The van der Waals surface area contributed by atoms with E-state index in [0.717, 1.165) is 25.7 Å². The average molecular weight is 260 g/mol. The molecule has 0 radical (unpaired) electrons. The van der Waals surface area contributed by atoms with Crippen LogP contribution in [0.3, 0.4) is 0 Å². The number of carbonyl (C=O) groups is 2. The fourth-order valence-electron chi connectivity index (χ4n) is 2.53. The lowest BCUT2D eigenvalue weighted by Gasteiger charge is -2.27. The van der Waals surface area contributed by atoms with Crippen molar-refractivity contribution >= 4 is 11.9 Å². The minimum Gasteiger partial charge on any atom is -0.545 e. The van der Waals surface area contributed by atoms with Gasteiger partial charge in [-0.05, 0) is 37.7 Å². The molecule has 1 saturated carbocycles. The number of carboxylic acids is 1. The number of carbonyl (C=O) groups excluding carboxylic acids is 2. The lowest BCUT2D eigenvalue weighted by Crippen LogP contribution is -2.38. The number of benzene rings is 1. The third-order valence-electron chi connectivity index (χ3n) is 3.74. The highest BCUT2D eigenvalue weighted by atomic mass is 16.4. The molecule has 0 aromatic heterocycles. The topological polar surface area (TPSA) is 69.2 Å². The SMILES string of the molecule is CC1CCC(NC(=O)c2ccccc2C(=O)[O-])CC1. The fourth-order valence-corrected chi connectivity index (χ4v) is 2.53. The van der Waals surface area contributed by atoms with Gasteiger partial charge in [0, 0.05) is 17.2 Å². The maximum atomic E-state index is 12.1. The molecule has 1 N–H and O–H groups in total. The van der Waals surface area contributed by atoms with Gasteiger partial charge in [0.25, 0.3) is 5.91 Å². The first kappa shape index (κ1) is 13.6. The summed E-state index contributed by atoms with van der Waals surface area (Å²) in [6.45, 7) is 2.21. The van der Waals surface area contributed by atoms with Crippen LogP contribution in [0.2, 0.25) is 0 Å². The zero-order valence-corrected chi connectivity index (χ0v) is 11.0. The fraction of sp³-hybridized carbons (Fsp3) is 0.467. The van der Waals surface area contributed by atoms with Crippen molar-refractivity contribution in [3.63, 3.8) is 0 Å². The van der Waals surface area contributed by atoms with Crippen molar-refractivity contribution in [2.45, 2.75) is 38.6 Å². The van der Waals surface area contributed by atoms with E-state index in [1.807, 2.05) is 0 Å². The summed E-state index contributed by atoms with van der Waals surface area (Å²) < 4.78 is 0. The molecule has 0 aliphatic heterocycles. The average Bonchev–Trinajstić information content (AvgIpc) is 2.41. The maximum Gasteiger partial charge on any atom is 0.252 e. The van der Waals surface area contributed by atoms with E-state index >= 15 is 0 Å². The first-order chi connectivity index (χ1) is 9.08. The highest BCUT2D eigenvalue weighted by Crippen LogP contribution is 2.23. The molecule has 0 atom stereocenters. The Kier molecular flexibility index (Phi) is 4.20. The van der Waals surface area contributed by atoms with Gasteiger partial charge in [-0.1, -0.05) is 25.1 Å². The van der Waals surface area contributed by atoms with Crippen molar-refractivity contribution in [2.24, 2.45) is 5.92 Å². The van der Waals surface area contributed by atoms with Crippen LogP contribution in [-0.2, 0) is 0 Å². The Labute approximate surface area is 112 Å². The summed E-state index contributed by atoms with van der Waals surface area (Å²) in [5.41, 5.74) is 0.130. The van der Waals surface area contributed by atoms with Gasteiger partial charge in [0.1, 0.15) is 0 Å². The minimum atomic E-state index is -1.32. The molecular weight excluding hydrogens is 242 g/mol. The normalized spacial score (nSPS) is 22.8. The predicted octanol–water partition coefficient (Wildman–Crippen LogP) is 1.36. The summed E-state index contributed by atoms with van der Waals surface area (Å²) in [6, 6.07) is 6.31. The minimum absolute atomic E-state index is 0.0517. The molecule has 4 nitrogen and oxygen atoms in total. The second kappa shape index (κ2) is 5.87. The van der Waals surface area contributed by atoms with E-state index in [-0.39, 0.29) is 23.1 Å². The summed E-state index contributed by atoms with van der Waals surface area (Å²) in [7, 11) is 0. The van der Waals surface area contributed by atoms with E-state index in [2.05, 4.69) is 12.2 Å². The molecule has 1 amide bonds. The van der Waals surface area contributed by atoms with Crippen molar-refractivity contribution in [1.82, 2.24) is 5.32 Å². The van der Waals surface area contributed by atoms with Crippen LogP contribution < -0.4 is 10.4 Å². The monoisotopic (exact) mass is 260 g/mol. The summed E-state index contributed by atoms with van der Waals surface area (Å²) in [5.74, 6) is -0.925. The molecule has 0 bridgehead atoms. The molecule has 1 fully saturated rings. The molecule has 1 aliphatic carbocycles. The van der Waals surface area contributed by atoms with Crippen LogP contribution in [0.1, 0.15) is 53.3 Å². The van der Waals surface area contributed by atoms with Crippen molar-refractivity contribution in [2.75, 3.05) is 0 Å². The molecule has 2 rings (SSSR count). The van der Waals surface area contributed by atoms with E-state index in [4.69, 9.17) is 0 Å². The number of hydrogen-bond acceptors (Lipinski definition) is 3. The third-order valence-corrected chi connectivity index (χ3v) is 3.74. The van der Waals surface area contributed by atoms with E-state index in [0.29, 0.717) is 5.92 Å². The van der Waals surface area contributed by atoms with Gasteiger partial charge < -0.3 is 15.2 Å². The van der Waals surface area contributed by atoms with Crippen LogP contribution in [0, 0.1) is 5.92 Å². The van der Waals surface area contributed by atoms with Gasteiger partial charge >= 0.3 is 0 Å². The molecule has 1 aliphatic rings. The van der Waals surface area contributed by atoms with Crippen molar-refractivity contribution in [3.8, 4) is 0 Å². The summed E-state index contributed by atoms with van der Waals surface area (Å²) >= 11 is 0. The second-order valence-electron chi connectivity index (χ2n) is 5.26. The lowest BCUT2D eigenvalue weighted by atomic mass is 9.87. The number of amides is 1. The number of carboxylic acid groups (broad SMARTS) is 1. The van der Waals surface area contributed by atoms with Crippen LogP contribution >= 0.6 is 0 Å². The number of nitrogens with one attached hydrogen (secondary N) is 1. The number of rotatable bonds is 3. The Hall–Kier alpha value is -1.84. The Morgan fingerprint density at radius 2 is 1.68 bits per heavy atom. The highest BCUT2D eigenvalue weighted by Gasteiger charge is 2.21. The molecular formula is C15H18NO3-. The van der Waals surface area contributed by atoms with Crippen molar-refractivity contribution < 1.29 is 14.7 Å². The number of aromatic carboxylic acids is 1. The van der Waals surface area contributed by atoms with Crippen LogP contribution in [0.15, 0.2) is 24.3 Å². The van der Waals surface area contributed by atoms with E-state index in [1.165, 1.54) is 12.1 Å². The van der Waals surface area contributed by atoms with Gasteiger partial charge in [0.15, 0.2) is 0 Å². The van der Waals surface area contributed by atoms with Crippen LogP contribution in [0.4, 0.5) is 0 Å². The van der Waals surface area contributed by atoms with E-state index < -0.39 is 5.97 Å². The molecule has 1 aromatic rings. The van der Waals surface area contributed by atoms with Gasteiger partial charge in [-0.25, -0.2) is 0 Å². The maximum absolute atomic E-state index is 12.1. The Balaban J connectivity index is 2.06. The third kappa shape index (κ3) is 3.34. The molecule has 0 heterocycles. The van der Waals surface area contributed by atoms with Gasteiger partial charge in [-0.15, -0.1) is 0 Å². The standard InChI is InChI=1S/C15H19NO3/c1-10-6-8-11(9-7-10)16-14(17)12-4-2-3-5-13(12)15(18)19/h2-5,10-11H,6-9H2,1H3,(H,16,17)(H,18,19)/p-1. The second-order valence-corrected chi connectivity index (χ2v) is 5.26. The van der Waals surface area contributed by atoms with E-state index in [9.17, 15) is 14.7 Å². The van der Waals surface area contributed by atoms with Crippen LogP contribution in [0.5, 0.6) is 0 Å². The van der Waals surface area contributed by atoms with Crippen molar-refractivity contribution in [3.05, 3.63) is 35.4 Å². The van der Waals surface area contributed by atoms with Crippen LogP contribution in [-0.4, -0.2) is 17.9 Å². The van der Waals surface area contributed by atoms with E-state index in [1.54, 1.807) is 12.1 Å². The largest absolute Gasteiger partial charge is 0.545 e. The smallest absolute Gasteiger partial charge is 0.252 e. The quantitative estimate of drug-likeness (QED) is 0.892. The summed E-state index contributed by atoms with van der Waals surface area (Å²) in [5, 5.41) is 13.9. The molecule has 0 saturated heterocycles. The first-order valence-electron chi connectivity index (χ1n) is 6.69. The molecule has 4 heteroatoms. The lowest BCUT2D eigenvalue weighted by molar-refractivity contribution is -0.255. The predicted molar refractivity (Wildman–Crippen MR) is 69.7 cm³/mol. The Morgan fingerprint density at radius 1 is 1.11 bits per heavy atom. The van der Waals surface area contributed by atoms with Gasteiger partial charge in [-0.2, -0.15) is 0 Å². The zero-order valence-electron chi connectivity index (χ0n) is 11.0. The molecule has 19 heavy (non-hydrogen) atoms. The van der Waals surface area contributed by atoms with Gasteiger partial charge in [0.2, 0.25) is 0 Å². The number of hydrogen-bond donors (Lipinski definition) is 1. The summed E-state index contributed by atoms with van der Waals surface area (Å²) in [6.07, 6.45) is 4.13. The van der Waals surface area contributed by atoms with Crippen molar-refractivity contribution in [1.29, 1.82) is 0 Å². The zero-order chi connectivity index (χ0) is 13.8. The highest BCUT2D eigenvalue weighted by molar-refractivity contribution is 6.04. The summed E-state index contributed by atoms with van der Waals surface area (Å²) in [4.78, 5) is 23.1. The molecule has 0 spiro atoms. The Bertz CT molecular complexity index is 476. The Morgan fingerprint density at radius 3 is 2.26 bits per heavy atom. The molecule has 102 valence electrons. The van der Waals surface area contributed by atoms with Gasteiger partial charge in [-0.3, -0.25) is 4.79 Å². The van der Waals surface area contributed by atoms with Gasteiger partial charge in [0.05, 0.1) is 5.97 Å². The molecule has 1 aromatic carbocycles.